The summed E-state index contributed by atoms with van der Waals surface area (Å²) in [5.41, 5.74) is 7.16. The lowest BCUT2D eigenvalue weighted by molar-refractivity contribution is 0.352. The molecular weight excluding hydrogens is 257 g/mol. The van der Waals surface area contributed by atoms with E-state index in [0.717, 1.165) is 4.47 Å². The van der Waals surface area contributed by atoms with Gasteiger partial charge in [0, 0.05) is 11.0 Å². The molecule has 3 heteroatoms. The predicted molar refractivity (Wildman–Crippen MR) is 65.7 cm³/mol. The van der Waals surface area contributed by atoms with E-state index in [-0.39, 0.29) is 12.0 Å². The number of alkyl halides is 1. The van der Waals surface area contributed by atoms with Crippen LogP contribution >= 0.6 is 15.9 Å². The van der Waals surface area contributed by atoms with E-state index in [1.165, 1.54) is 5.56 Å². The molecule has 2 N–H and O–H groups in total. The Balaban J connectivity index is 3.09. The molecule has 0 spiro atoms. The Labute approximate surface area is 99.0 Å². The fourth-order valence-electron chi connectivity index (χ4n) is 1.47. The van der Waals surface area contributed by atoms with Crippen molar-refractivity contribution < 1.29 is 4.39 Å². The van der Waals surface area contributed by atoms with E-state index in [0.29, 0.717) is 5.56 Å². The summed E-state index contributed by atoms with van der Waals surface area (Å²) in [4.78, 5) is 0. The van der Waals surface area contributed by atoms with E-state index in [1.807, 2.05) is 18.2 Å². The van der Waals surface area contributed by atoms with Gasteiger partial charge in [0.15, 0.2) is 0 Å². The Morgan fingerprint density at radius 3 is 2.40 bits per heavy atom. The van der Waals surface area contributed by atoms with E-state index in [9.17, 15) is 4.39 Å². The second-order valence-electron chi connectivity index (χ2n) is 4.69. The Hall–Kier alpha value is -0.410. The summed E-state index contributed by atoms with van der Waals surface area (Å²) >= 11 is 3.47. The molecule has 1 nitrogen and oxygen atoms in total. The molecule has 0 radical (unpaired) electrons. The van der Waals surface area contributed by atoms with Crippen molar-refractivity contribution in [2.75, 3.05) is 6.54 Å². The molecule has 1 unspecified atom stereocenters. The molecule has 0 amide bonds. The highest BCUT2D eigenvalue weighted by atomic mass is 79.9. The Bertz CT molecular complexity index is 344. The zero-order valence-corrected chi connectivity index (χ0v) is 10.9. The number of halogens is 2. The number of hydrogen-bond acceptors (Lipinski definition) is 1. The quantitative estimate of drug-likeness (QED) is 0.874. The van der Waals surface area contributed by atoms with Crippen molar-refractivity contribution in [3.05, 3.63) is 33.8 Å². The summed E-state index contributed by atoms with van der Waals surface area (Å²) in [5.74, 6) is 0. The van der Waals surface area contributed by atoms with Crippen molar-refractivity contribution in [1.29, 1.82) is 0 Å². The fraction of sp³-hybridized carbons (Fsp3) is 0.500. The highest BCUT2D eigenvalue weighted by Gasteiger charge is 2.18. The predicted octanol–water partition coefficient (Wildman–Crippen LogP) is 3.72. The van der Waals surface area contributed by atoms with Gasteiger partial charge in [0.25, 0.3) is 0 Å². The third-order valence-corrected chi connectivity index (χ3v) is 3.03. The van der Waals surface area contributed by atoms with Crippen LogP contribution in [0.5, 0.6) is 0 Å². The molecule has 0 fully saturated rings. The van der Waals surface area contributed by atoms with Crippen LogP contribution in [0, 0.1) is 0 Å². The smallest absolute Gasteiger partial charge is 0.137 e. The van der Waals surface area contributed by atoms with Gasteiger partial charge in [-0.2, -0.15) is 0 Å². The molecule has 0 aromatic heterocycles. The zero-order chi connectivity index (χ0) is 11.6. The highest BCUT2D eigenvalue weighted by molar-refractivity contribution is 9.10. The SMILES string of the molecule is CC(C)(C)c1ccc(C(F)CN)cc1Br. The van der Waals surface area contributed by atoms with Gasteiger partial charge in [-0.3, -0.25) is 0 Å². The monoisotopic (exact) mass is 273 g/mol. The molecule has 84 valence electrons. The zero-order valence-electron chi connectivity index (χ0n) is 9.35. The first kappa shape index (κ1) is 12.7. The van der Waals surface area contributed by atoms with Crippen molar-refractivity contribution in [2.24, 2.45) is 5.73 Å². The van der Waals surface area contributed by atoms with E-state index < -0.39 is 6.17 Å². The molecule has 1 aromatic carbocycles. The maximum absolute atomic E-state index is 13.3. The van der Waals surface area contributed by atoms with Gasteiger partial charge in [0.2, 0.25) is 0 Å². The molecule has 1 rings (SSSR count). The maximum atomic E-state index is 13.3. The minimum Gasteiger partial charge on any atom is -0.327 e. The van der Waals surface area contributed by atoms with Crippen molar-refractivity contribution in [3.63, 3.8) is 0 Å². The van der Waals surface area contributed by atoms with Gasteiger partial charge < -0.3 is 5.73 Å². The summed E-state index contributed by atoms with van der Waals surface area (Å²) < 4.78 is 14.3. The molecule has 15 heavy (non-hydrogen) atoms. The Morgan fingerprint density at radius 2 is 2.00 bits per heavy atom. The number of nitrogens with two attached hydrogens (primary N) is 1. The molecule has 0 bridgehead atoms. The topological polar surface area (TPSA) is 26.0 Å². The second kappa shape index (κ2) is 4.62. The lowest BCUT2D eigenvalue weighted by Gasteiger charge is -2.21. The summed E-state index contributed by atoms with van der Waals surface area (Å²) in [7, 11) is 0. The normalized spacial score (nSPS) is 14.0. The first-order valence-electron chi connectivity index (χ1n) is 5.00. The molecule has 0 aliphatic rings. The summed E-state index contributed by atoms with van der Waals surface area (Å²) in [6.45, 7) is 6.41. The highest BCUT2D eigenvalue weighted by Crippen LogP contribution is 2.32. The number of hydrogen-bond donors (Lipinski definition) is 1. The van der Waals surface area contributed by atoms with Gasteiger partial charge in [-0.25, -0.2) is 4.39 Å². The molecule has 1 aromatic rings. The number of benzene rings is 1. The third-order valence-electron chi connectivity index (χ3n) is 2.37. The molecule has 0 saturated heterocycles. The van der Waals surface area contributed by atoms with Crippen molar-refractivity contribution in [2.45, 2.75) is 32.4 Å². The molecule has 0 aliphatic carbocycles. The van der Waals surface area contributed by atoms with Crippen LogP contribution in [0.2, 0.25) is 0 Å². The maximum Gasteiger partial charge on any atom is 0.137 e. The Morgan fingerprint density at radius 1 is 1.40 bits per heavy atom. The minimum atomic E-state index is -1.07. The first-order chi connectivity index (χ1) is 6.86. The molecular formula is C12H17BrFN. The molecule has 1 atom stereocenters. The van der Waals surface area contributed by atoms with Crippen LogP contribution in [0.25, 0.3) is 0 Å². The second-order valence-corrected chi connectivity index (χ2v) is 5.55. The number of rotatable bonds is 2. The summed E-state index contributed by atoms with van der Waals surface area (Å²) in [6, 6.07) is 5.59. The standard InChI is InChI=1S/C12H17BrFN/c1-12(2,3)9-5-4-8(6-10(9)13)11(14)7-15/h4-6,11H,7,15H2,1-3H3. The average Bonchev–Trinajstić information content (AvgIpc) is 2.14. The third kappa shape index (κ3) is 3.02. The molecule has 0 aliphatic heterocycles. The van der Waals surface area contributed by atoms with Crippen LogP contribution in [0.4, 0.5) is 4.39 Å². The van der Waals surface area contributed by atoms with Gasteiger partial charge in [-0.05, 0) is 22.6 Å². The summed E-state index contributed by atoms with van der Waals surface area (Å²) in [5, 5.41) is 0. The van der Waals surface area contributed by atoms with Crippen LogP contribution in [-0.2, 0) is 5.41 Å². The van der Waals surface area contributed by atoms with E-state index in [1.54, 1.807) is 0 Å². The first-order valence-corrected chi connectivity index (χ1v) is 5.79. The lowest BCUT2D eigenvalue weighted by atomic mass is 9.86. The molecule has 0 saturated carbocycles. The van der Waals surface area contributed by atoms with Gasteiger partial charge in [-0.1, -0.05) is 48.8 Å². The average molecular weight is 274 g/mol. The van der Waals surface area contributed by atoms with Crippen LogP contribution in [0.1, 0.15) is 38.1 Å². The van der Waals surface area contributed by atoms with Crippen molar-refractivity contribution in [3.8, 4) is 0 Å². The van der Waals surface area contributed by atoms with Gasteiger partial charge >= 0.3 is 0 Å². The van der Waals surface area contributed by atoms with Gasteiger partial charge in [-0.15, -0.1) is 0 Å². The van der Waals surface area contributed by atoms with Crippen molar-refractivity contribution in [1.82, 2.24) is 0 Å². The lowest BCUT2D eigenvalue weighted by Crippen LogP contribution is -2.13. The van der Waals surface area contributed by atoms with Crippen molar-refractivity contribution >= 4 is 15.9 Å². The van der Waals surface area contributed by atoms with Gasteiger partial charge in [0.05, 0.1) is 0 Å². The van der Waals surface area contributed by atoms with Crippen LogP contribution in [-0.4, -0.2) is 6.54 Å². The van der Waals surface area contributed by atoms with Crippen LogP contribution < -0.4 is 5.73 Å². The van der Waals surface area contributed by atoms with E-state index in [2.05, 4.69) is 36.7 Å². The largest absolute Gasteiger partial charge is 0.327 e. The van der Waals surface area contributed by atoms with Crippen LogP contribution in [0.15, 0.2) is 22.7 Å². The van der Waals surface area contributed by atoms with E-state index in [4.69, 9.17) is 5.73 Å². The van der Waals surface area contributed by atoms with Gasteiger partial charge in [0.1, 0.15) is 6.17 Å². The fourth-order valence-corrected chi connectivity index (χ4v) is 2.46. The Kier molecular flexibility index (Phi) is 3.90. The van der Waals surface area contributed by atoms with Crippen LogP contribution in [0.3, 0.4) is 0 Å². The molecule has 0 heterocycles. The minimum absolute atomic E-state index is 0.0291. The summed E-state index contributed by atoms with van der Waals surface area (Å²) in [6.07, 6.45) is -1.07. The van der Waals surface area contributed by atoms with E-state index >= 15 is 0 Å².